The summed E-state index contributed by atoms with van der Waals surface area (Å²) >= 11 is 12.5. The van der Waals surface area contributed by atoms with E-state index in [0.717, 1.165) is 16.5 Å². The zero-order valence-electron chi connectivity index (χ0n) is 20.2. The topological polar surface area (TPSA) is 103 Å². The molecule has 2 N–H and O–H groups in total. The van der Waals surface area contributed by atoms with Crippen LogP contribution in [0.3, 0.4) is 0 Å². The van der Waals surface area contributed by atoms with Crippen LogP contribution in [0, 0.1) is 0 Å². The molecule has 1 aromatic heterocycles. The maximum Gasteiger partial charge on any atom is 0.303 e. The molecule has 3 aromatic carbocycles. The van der Waals surface area contributed by atoms with Gasteiger partial charge in [0.25, 0.3) is 5.56 Å². The first kappa shape index (κ1) is 25.7. The number of carboxylic acid groups (broad SMARTS) is 1. The minimum absolute atomic E-state index is 0.0163. The van der Waals surface area contributed by atoms with Crippen LogP contribution in [0.5, 0.6) is 0 Å². The number of aromatic nitrogens is 1. The van der Waals surface area contributed by atoms with Gasteiger partial charge in [-0.15, -0.1) is 0 Å². The van der Waals surface area contributed by atoms with Gasteiger partial charge < -0.3 is 10.1 Å². The summed E-state index contributed by atoms with van der Waals surface area (Å²) in [6, 6.07) is 21.4. The highest BCUT2D eigenvalue weighted by atomic mass is 35.5. The minimum Gasteiger partial charge on any atom is -0.481 e. The Morgan fingerprint density at radius 1 is 0.947 bits per heavy atom. The zero-order valence-corrected chi connectivity index (χ0v) is 21.7. The Kier molecular flexibility index (Phi) is 7.31. The second-order valence-electron chi connectivity index (χ2n) is 9.06. The SMILES string of the molecule is O=C(O)CCCC(=O)N1N=C(c2c(-c3ccccc3)c3cc(Cl)ccc3[nH]c2=O)CC1c1ccc(Cl)cc1. The molecule has 1 unspecified atom stereocenters. The van der Waals surface area contributed by atoms with Crippen LogP contribution in [0.2, 0.25) is 10.0 Å². The third kappa shape index (κ3) is 5.21. The maximum atomic E-state index is 13.6. The Morgan fingerprint density at radius 2 is 1.66 bits per heavy atom. The number of H-pyrrole nitrogens is 1. The lowest BCUT2D eigenvalue weighted by atomic mass is 9.91. The molecule has 1 amide bonds. The van der Waals surface area contributed by atoms with Crippen molar-refractivity contribution in [1.29, 1.82) is 0 Å². The second kappa shape index (κ2) is 10.8. The summed E-state index contributed by atoms with van der Waals surface area (Å²) in [5.41, 5.74) is 3.44. The Labute approximate surface area is 228 Å². The Balaban J connectivity index is 1.66. The number of nitrogens with zero attached hydrogens (tertiary/aromatic N) is 2. The number of hydrogen-bond acceptors (Lipinski definition) is 4. The van der Waals surface area contributed by atoms with Gasteiger partial charge >= 0.3 is 5.97 Å². The summed E-state index contributed by atoms with van der Waals surface area (Å²) in [5, 5.41) is 16.9. The van der Waals surface area contributed by atoms with Crippen LogP contribution in [0.25, 0.3) is 22.0 Å². The first-order valence-corrected chi connectivity index (χ1v) is 12.9. The van der Waals surface area contributed by atoms with Gasteiger partial charge in [0.05, 0.1) is 17.3 Å². The number of carbonyl (C=O) groups excluding carboxylic acids is 1. The normalized spacial score (nSPS) is 15.1. The van der Waals surface area contributed by atoms with Crippen molar-refractivity contribution in [3.05, 3.63) is 104 Å². The van der Waals surface area contributed by atoms with E-state index in [1.165, 1.54) is 5.01 Å². The number of hydrogen-bond donors (Lipinski definition) is 2. The van der Waals surface area contributed by atoms with Gasteiger partial charge in [0.1, 0.15) is 0 Å². The number of carbonyl (C=O) groups is 2. The fourth-order valence-corrected chi connectivity index (χ4v) is 5.08. The molecule has 0 saturated heterocycles. The van der Waals surface area contributed by atoms with Gasteiger partial charge in [0, 0.05) is 45.8 Å². The van der Waals surface area contributed by atoms with Crippen molar-refractivity contribution in [3.63, 3.8) is 0 Å². The Hall–Kier alpha value is -3.94. The number of halogens is 2. The number of amides is 1. The summed E-state index contributed by atoms with van der Waals surface area (Å²) in [6.45, 7) is 0. The van der Waals surface area contributed by atoms with Crippen molar-refractivity contribution >= 4 is 51.7 Å². The van der Waals surface area contributed by atoms with E-state index < -0.39 is 12.0 Å². The summed E-state index contributed by atoms with van der Waals surface area (Å²) in [6.07, 6.45) is 0.377. The second-order valence-corrected chi connectivity index (χ2v) is 9.94. The number of fused-ring (bicyclic) bond motifs is 1. The molecule has 38 heavy (non-hydrogen) atoms. The number of benzene rings is 3. The average molecular weight is 548 g/mol. The third-order valence-electron chi connectivity index (χ3n) is 6.53. The Morgan fingerprint density at radius 3 is 2.37 bits per heavy atom. The van der Waals surface area contributed by atoms with Gasteiger partial charge in [-0.2, -0.15) is 5.10 Å². The van der Waals surface area contributed by atoms with Crippen molar-refractivity contribution in [2.45, 2.75) is 31.7 Å². The third-order valence-corrected chi connectivity index (χ3v) is 7.02. The summed E-state index contributed by atoms with van der Waals surface area (Å²) < 4.78 is 0. The molecule has 2 heterocycles. The molecular formula is C29H23Cl2N3O4. The first-order chi connectivity index (χ1) is 18.3. The van der Waals surface area contributed by atoms with E-state index in [2.05, 4.69) is 10.1 Å². The number of hydrazone groups is 1. The molecule has 9 heteroatoms. The monoisotopic (exact) mass is 547 g/mol. The number of aliphatic carboxylic acids is 1. The Bertz CT molecular complexity index is 1620. The van der Waals surface area contributed by atoms with Crippen LogP contribution in [0.1, 0.15) is 42.9 Å². The van der Waals surface area contributed by atoms with Crippen LogP contribution in [-0.2, 0) is 9.59 Å². The van der Waals surface area contributed by atoms with Crippen LogP contribution >= 0.6 is 23.2 Å². The van der Waals surface area contributed by atoms with E-state index in [4.69, 9.17) is 28.3 Å². The number of pyridine rings is 1. The molecule has 0 bridgehead atoms. The van der Waals surface area contributed by atoms with Crippen LogP contribution in [0.15, 0.2) is 82.7 Å². The predicted octanol–water partition coefficient (Wildman–Crippen LogP) is 6.43. The zero-order chi connectivity index (χ0) is 26.8. The van der Waals surface area contributed by atoms with Gasteiger partial charge in [-0.1, -0.05) is 65.7 Å². The van der Waals surface area contributed by atoms with Crippen molar-refractivity contribution in [2.75, 3.05) is 0 Å². The van der Waals surface area contributed by atoms with Crippen LogP contribution in [-0.4, -0.2) is 32.7 Å². The highest BCUT2D eigenvalue weighted by molar-refractivity contribution is 6.31. The van der Waals surface area contributed by atoms with E-state index in [0.29, 0.717) is 38.8 Å². The number of rotatable bonds is 7. The fraction of sp³-hybridized carbons (Fsp3) is 0.172. The molecule has 0 aliphatic carbocycles. The molecule has 192 valence electrons. The van der Waals surface area contributed by atoms with Gasteiger partial charge in [-0.3, -0.25) is 14.4 Å². The standard InChI is InChI=1S/C29H23Cl2N3O4/c30-19-11-9-17(10-12-19)24-16-23(33-34(24)25(35)7-4-8-26(36)37)28-27(18-5-2-1-3-6-18)21-15-20(31)13-14-22(21)32-29(28)38/h1-3,5-6,9-15,24H,4,7-8,16H2,(H,32,38)(H,36,37). The van der Waals surface area contributed by atoms with Crippen LogP contribution in [0.4, 0.5) is 0 Å². The molecule has 1 aliphatic heterocycles. The lowest BCUT2D eigenvalue weighted by Gasteiger charge is -2.22. The lowest BCUT2D eigenvalue weighted by molar-refractivity contribution is -0.137. The summed E-state index contributed by atoms with van der Waals surface area (Å²) in [4.78, 5) is 40.7. The molecular weight excluding hydrogens is 525 g/mol. The predicted molar refractivity (Wildman–Crippen MR) is 149 cm³/mol. The quantitative estimate of drug-likeness (QED) is 0.278. The molecule has 0 fully saturated rings. The van der Waals surface area contributed by atoms with E-state index >= 15 is 0 Å². The highest BCUT2D eigenvalue weighted by Gasteiger charge is 2.35. The van der Waals surface area contributed by atoms with E-state index in [1.807, 2.05) is 42.5 Å². The molecule has 0 spiro atoms. The molecule has 1 aliphatic rings. The van der Waals surface area contributed by atoms with Crippen molar-refractivity contribution < 1.29 is 14.7 Å². The molecule has 5 rings (SSSR count). The van der Waals surface area contributed by atoms with Gasteiger partial charge in [0.15, 0.2) is 0 Å². The minimum atomic E-state index is -0.966. The van der Waals surface area contributed by atoms with E-state index in [-0.39, 0.29) is 30.7 Å². The van der Waals surface area contributed by atoms with Gasteiger partial charge in [-0.25, -0.2) is 5.01 Å². The van der Waals surface area contributed by atoms with Gasteiger partial charge in [0.2, 0.25) is 5.91 Å². The molecule has 0 radical (unpaired) electrons. The van der Waals surface area contributed by atoms with Crippen molar-refractivity contribution in [2.24, 2.45) is 5.10 Å². The number of carboxylic acids is 1. The lowest BCUT2D eigenvalue weighted by Crippen LogP contribution is -2.27. The van der Waals surface area contributed by atoms with Crippen molar-refractivity contribution in [3.8, 4) is 11.1 Å². The molecule has 4 aromatic rings. The van der Waals surface area contributed by atoms with E-state index in [9.17, 15) is 14.4 Å². The fourth-order valence-electron chi connectivity index (χ4n) is 4.79. The molecule has 1 atom stereocenters. The summed E-state index contributed by atoms with van der Waals surface area (Å²) in [7, 11) is 0. The van der Waals surface area contributed by atoms with Crippen molar-refractivity contribution in [1.82, 2.24) is 9.99 Å². The van der Waals surface area contributed by atoms with Crippen LogP contribution < -0.4 is 5.56 Å². The first-order valence-electron chi connectivity index (χ1n) is 12.1. The van der Waals surface area contributed by atoms with E-state index in [1.54, 1.807) is 30.3 Å². The highest BCUT2D eigenvalue weighted by Crippen LogP contribution is 2.38. The summed E-state index contributed by atoms with van der Waals surface area (Å²) in [5.74, 6) is -1.28. The average Bonchev–Trinajstić information content (AvgIpc) is 3.34. The smallest absolute Gasteiger partial charge is 0.303 e. The number of aromatic amines is 1. The molecule has 0 saturated carbocycles. The maximum absolute atomic E-state index is 13.6. The van der Waals surface area contributed by atoms with Gasteiger partial charge in [-0.05, 0) is 47.9 Å². The number of nitrogens with one attached hydrogen (secondary N) is 1. The largest absolute Gasteiger partial charge is 0.481 e. The molecule has 7 nitrogen and oxygen atoms in total.